The number of benzene rings is 2. The standard InChI is InChI=1S/C33H39FN6O6S/c1-21-17-25(21)20-40(15-16-45-4)28-19-24(18-27(35-28)39(3)47(5,43)44)30-37-38-31(46-30)33(2,36-32(41)42)29(22-9-7-6-8-10-22)23-11-13-26(34)14-12-23/h6-14,18-19,21,25,29,36H,15-17,20H2,1-5H3,(H,41,42)/t21?,25?,29?,33-/m1/s1. The maximum absolute atomic E-state index is 14.0. The van der Waals surface area contributed by atoms with Gasteiger partial charge >= 0.3 is 6.09 Å². The van der Waals surface area contributed by atoms with Gasteiger partial charge in [0.1, 0.15) is 23.0 Å². The van der Waals surface area contributed by atoms with Gasteiger partial charge in [0.2, 0.25) is 21.8 Å². The highest BCUT2D eigenvalue weighted by Gasteiger charge is 2.44. The van der Waals surface area contributed by atoms with Gasteiger partial charge in [0.15, 0.2) is 0 Å². The Bertz CT molecular complexity index is 1810. The minimum Gasteiger partial charge on any atom is -0.465 e. The lowest BCUT2D eigenvalue weighted by Gasteiger charge is -2.35. The highest BCUT2D eigenvalue weighted by Crippen LogP contribution is 2.43. The van der Waals surface area contributed by atoms with Crippen molar-refractivity contribution in [1.29, 1.82) is 0 Å². The van der Waals surface area contributed by atoms with E-state index in [4.69, 9.17) is 14.1 Å². The van der Waals surface area contributed by atoms with Crippen molar-refractivity contribution in [3.8, 4) is 11.5 Å². The first-order valence-corrected chi connectivity index (χ1v) is 17.0. The highest BCUT2D eigenvalue weighted by atomic mass is 32.2. The Morgan fingerprint density at radius 2 is 1.77 bits per heavy atom. The molecule has 2 aromatic carbocycles. The number of hydrogen-bond donors (Lipinski definition) is 2. The maximum Gasteiger partial charge on any atom is 0.405 e. The SMILES string of the molecule is COCCN(CC1CC1C)c1cc(-c2nnc([C@](C)(NC(=O)O)C(c3ccccc3)c3ccc(F)cc3)o2)cc(N(C)S(C)(=O)=O)n1. The zero-order valence-corrected chi connectivity index (χ0v) is 27.7. The average molecular weight is 667 g/mol. The lowest BCUT2D eigenvalue weighted by Crippen LogP contribution is -2.48. The van der Waals surface area contributed by atoms with E-state index in [1.807, 2.05) is 35.2 Å². The molecule has 4 aromatic rings. The topological polar surface area (TPSA) is 151 Å². The lowest BCUT2D eigenvalue weighted by atomic mass is 9.75. The fourth-order valence-corrected chi connectivity index (χ4v) is 6.17. The molecule has 1 aliphatic rings. The van der Waals surface area contributed by atoms with Gasteiger partial charge in [-0.05, 0) is 60.6 Å². The second kappa shape index (κ2) is 13.7. The first-order valence-electron chi connectivity index (χ1n) is 15.2. The molecule has 47 heavy (non-hydrogen) atoms. The van der Waals surface area contributed by atoms with Crippen molar-refractivity contribution in [3.63, 3.8) is 0 Å². The molecule has 2 N–H and O–H groups in total. The van der Waals surface area contributed by atoms with Gasteiger partial charge in [-0.15, -0.1) is 10.2 Å². The molecule has 0 bridgehead atoms. The van der Waals surface area contributed by atoms with Crippen molar-refractivity contribution >= 4 is 27.8 Å². The summed E-state index contributed by atoms with van der Waals surface area (Å²) in [6.45, 7) is 5.46. The van der Waals surface area contributed by atoms with E-state index >= 15 is 0 Å². The zero-order valence-electron chi connectivity index (χ0n) is 26.9. The Labute approximate surface area is 273 Å². The van der Waals surface area contributed by atoms with Crippen LogP contribution in [0.5, 0.6) is 0 Å². The number of nitrogens with one attached hydrogen (secondary N) is 1. The maximum atomic E-state index is 14.0. The van der Waals surface area contributed by atoms with Crippen LogP contribution in [-0.2, 0) is 20.3 Å². The predicted octanol–water partition coefficient (Wildman–Crippen LogP) is 5.09. The number of rotatable bonds is 14. The Morgan fingerprint density at radius 3 is 2.36 bits per heavy atom. The summed E-state index contributed by atoms with van der Waals surface area (Å²) in [4.78, 5) is 19.0. The van der Waals surface area contributed by atoms with Crippen LogP contribution in [0.25, 0.3) is 11.5 Å². The van der Waals surface area contributed by atoms with E-state index in [1.165, 1.54) is 25.2 Å². The fraction of sp³-hybridized carbons (Fsp3) is 0.394. The number of nitrogens with zero attached hydrogens (tertiary/aromatic N) is 5. The predicted molar refractivity (Wildman–Crippen MR) is 175 cm³/mol. The number of pyridine rings is 1. The molecule has 0 saturated heterocycles. The number of hydrogen-bond acceptors (Lipinski definition) is 9. The van der Waals surface area contributed by atoms with E-state index in [-0.39, 0.29) is 17.6 Å². The summed E-state index contributed by atoms with van der Waals surface area (Å²) < 4.78 is 51.8. The second-order valence-electron chi connectivity index (χ2n) is 12.2. The third-order valence-electron chi connectivity index (χ3n) is 8.64. The molecule has 1 fully saturated rings. The Hall–Kier alpha value is -4.56. The summed E-state index contributed by atoms with van der Waals surface area (Å²) in [6, 6.07) is 18.2. The minimum absolute atomic E-state index is 0.0302. The van der Waals surface area contributed by atoms with E-state index in [9.17, 15) is 22.7 Å². The number of carbonyl (C=O) groups is 1. The van der Waals surface area contributed by atoms with E-state index in [0.717, 1.165) is 22.5 Å². The molecule has 250 valence electrons. The van der Waals surface area contributed by atoms with Gasteiger partial charge in [-0.1, -0.05) is 49.4 Å². The van der Waals surface area contributed by atoms with Crippen LogP contribution in [-0.4, -0.2) is 74.9 Å². The van der Waals surface area contributed by atoms with Crippen molar-refractivity contribution in [1.82, 2.24) is 20.5 Å². The normalized spacial score (nSPS) is 17.8. The largest absolute Gasteiger partial charge is 0.465 e. The van der Waals surface area contributed by atoms with E-state index in [1.54, 1.807) is 32.2 Å². The second-order valence-corrected chi connectivity index (χ2v) is 14.2. The summed E-state index contributed by atoms with van der Waals surface area (Å²) >= 11 is 0. The molecule has 0 aliphatic heterocycles. The molecule has 14 heteroatoms. The van der Waals surface area contributed by atoms with Crippen molar-refractivity contribution in [2.45, 2.75) is 31.7 Å². The van der Waals surface area contributed by atoms with Crippen molar-refractivity contribution in [2.75, 3.05) is 49.3 Å². The van der Waals surface area contributed by atoms with Gasteiger partial charge < -0.3 is 24.5 Å². The molecule has 2 heterocycles. The van der Waals surface area contributed by atoms with Crippen LogP contribution in [0.2, 0.25) is 0 Å². The zero-order chi connectivity index (χ0) is 33.9. The van der Waals surface area contributed by atoms with Gasteiger partial charge in [0.25, 0.3) is 0 Å². The minimum atomic E-state index is -3.68. The van der Waals surface area contributed by atoms with E-state index in [0.29, 0.717) is 48.5 Å². The Kier molecular flexibility index (Phi) is 9.82. The monoisotopic (exact) mass is 666 g/mol. The molecule has 5 rings (SSSR count). The molecule has 3 unspecified atom stereocenters. The molecule has 1 aliphatic carbocycles. The number of halogens is 1. The molecular weight excluding hydrogens is 627 g/mol. The molecule has 0 spiro atoms. The van der Waals surface area contributed by atoms with Gasteiger partial charge in [-0.25, -0.2) is 22.6 Å². The van der Waals surface area contributed by atoms with Crippen LogP contribution in [0.15, 0.2) is 71.1 Å². The number of sulfonamides is 1. The van der Waals surface area contributed by atoms with E-state index < -0.39 is 33.4 Å². The molecular formula is C33H39FN6O6S. The van der Waals surface area contributed by atoms with Crippen LogP contribution >= 0.6 is 0 Å². The summed E-state index contributed by atoms with van der Waals surface area (Å²) in [5.74, 6) is 0.515. The molecule has 4 atom stereocenters. The molecule has 0 radical (unpaired) electrons. The summed E-state index contributed by atoms with van der Waals surface area (Å²) in [7, 11) is -0.659. The third-order valence-corrected chi connectivity index (χ3v) is 9.82. The Balaban J connectivity index is 1.64. The first kappa shape index (κ1) is 33.8. The number of anilines is 2. The van der Waals surface area contributed by atoms with Gasteiger partial charge in [-0.3, -0.25) is 4.31 Å². The summed E-state index contributed by atoms with van der Waals surface area (Å²) in [5.41, 5.74) is 0.202. The van der Waals surface area contributed by atoms with Crippen molar-refractivity contribution < 1.29 is 31.9 Å². The van der Waals surface area contributed by atoms with Crippen LogP contribution in [0.4, 0.5) is 20.8 Å². The molecule has 1 saturated carbocycles. The van der Waals surface area contributed by atoms with Crippen molar-refractivity contribution in [2.24, 2.45) is 11.8 Å². The average Bonchev–Trinajstić information content (AvgIpc) is 3.49. The van der Waals surface area contributed by atoms with Crippen LogP contribution < -0.4 is 14.5 Å². The third kappa shape index (κ3) is 7.71. The summed E-state index contributed by atoms with van der Waals surface area (Å²) in [5, 5.41) is 21.2. The number of methoxy groups -OCH3 is 1. The first-order chi connectivity index (χ1) is 22.3. The van der Waals surface area contributed by atoms with E-state index in [2.05, 4.69) is 22.4 Å². The number of ether oxygens (including phenoxy) is 1. The molecule has 12 nitrogen and oxygen atoms in total. The Morgan fingerprint density at radius 1 is 1.13 bits per heavy atom. The van der Waals surface area contributed by atoms with Crippen LogP contribution in [0.3, 0.4) is 0 Å². The van der Waals surface area contributed by atoms with Gasteiger partial charge in [0.05, 0.1) is 12.9 Å². The van der Waals surface area contributed by atoms with Crippen LogP contribution in [0, 0.1) is 17.7 Å². The van der Waals surface area contributed by atoms with Gasteiger partial charge in [-0.2, -0.15) is 0 Å². The smallest absolute Gasteiger partial charge is 0.405 e. The number of amides is 1. The van der Waals surface area contributed by atoms with Crippen LogP contribution in [0.1, 0.15) is 43.2 Å². The lowest BCUT2D eigenvalue weighted by molar-refractivity contribution is 0.167. The van der Waals surface area contributed by atoms with Gasteiger partial charge in [0, 0.05) is 38.7 Å². The molecule has 1 amide bonds. The summed E-state index contributed by atoms with van der Waals surface area (Å²) in [6.07, 6.45) is 0.836. The van der Waals surface area contributed by atoms with Crippen molar-refractivity contribution in [3.05, 3.63) is 89.6 Å². The number of aromatic nitrogens is 3. The number of carboxylic acid groups (broad SMARTS) is 1. The quantitative estimate of drug-likeness (QED) is 0.186. The molecule has 2 aromatic heterocycles. The fourth-order valence-electron chi connectivity index (χ4n) is 5.74. The highest BCUT2D eigenvalue weighted by molar-refractivity contribution is 7.92.